The Hall–Kier alpha value is -0.770. The molecule has 3 atom stereocenters. The molecule has 2 rings (SSSR count). The Kier molecular flexibility index (Phi) is 5.91. The lowest BCUT2D eigenvalue weighted by Crippen LogP contribution is -2.43. The van der Waals surface area contributed by atoms with Crippen LogP contribution < -0.4 is 10.6 Å². The summed E-state index contributed by atoms with van der Waals surface area (Å²) in [5.41, 5.74) is 0.484. The van der Waals surface area contributed by atoms with Crippen molar-refractivity contribution >= 4 is 34.8 Å². The molecular weight excluding hydrogens is 307 g/mol. The smallest absolute Gasteiger partial charge is 0.238 e. The molecule has 1 amide bonds. The van der Waals surface area contributed by atoms with Crippen LogP contribution in [0.15, 0.2) is 18.2 Å². The zero-order valence-electron chi connectivity index (χ0n) is 12.5. The Labute approximate surface area is 136 Å². The van der Waals surface area contributed by atoms with Crippen molar-refractivity contribution in [3.63, 3.8) is 0 Å². The molecule has 0 radical (unpaired) electrons. The first-order valence-corrected chi connectivity index (χ1v) is 8.22. The van der Waals surface area contributed by atoms with Gasteiger partial charge in [-0.15, -0.1) is 0 Å². The summed E-state index contributed by atoms with van der Waals surface area (Å²) in [5, 5.41) is 7.05. The highest BCUT2D eigenvalue weighted by atomic mass is 35.5. The van der Waals surface area contributed by atoms with Gasteiger partial charge in [-0.3, -0.25) is 4.79 Å². The Bertz CT molecular complexity index is 487. The summed E-state index contributed by atoms with van der Waals surface area (Å²) in [7, 11) is 0. The van der Waals surface area contributed by atoms with Gasteiger partial charge in [0.05, 0.1) is 22.3 Å². The van der Waals surface area contributed by atoms with Crippen molar-refractivity contribution in [2.75, 3.05) is 11.9 Å². The first kappa shape index (κ1) is 16.6. The molecule has 1 aromatic rings. The number of rotatable bonds is 4. The molecule has 1 aliphatic rings. The molecule has 116 valence electrons. The average Bonchev–Trinajstić information content (AvgIpc) is 2.45. The number of para-hydroxylation sites is 1. The van der Waals surface area contributed by atoms with E-state index in [2.05, 4.69) is 24.5 Å². The van der Waals surface area contributed by atoms with Gasteiger partial charge < -0.3 is 10.6 Å². The zero-order chi connectivity index (χ0) is 15.4. The Morgan fingerprint density at radius 1 is 1.24 bits per heavy atom. The molecule has 0 aromatic heterocycles. The van der Waals surface area contributed by atoms with Crippen molar-refractivity contribution in [1.82, 2.24) is 5.32 Å². The minimum absolute atomic E-state index is 0.115. The third-order valence-corrected chi connectivity index (χ3v) is 5.09. The van der Waals surface area contributed by atoms with E-state index in [1.807, 2.05) is 0 Å². The molecule has 1 fully saturated rings. The number of benzene rings is 1. The SMILES string of the molecule is CC1CCCC(NCC(=O)Nc2c(Cl)cccc2Cl)C1C. The van der Waals surface area contributed by atoms with Crippen LogP contribution in [0.1, 0.15) is 33.1 Å². The number of hydrogen-bond acceptors (Lipinski definition) is 2. The minimum Gasteiger partial charge on any atom is -0.322 e. The normalized spacial score (nSPS) is 25.6. The van der Waals surface area contributed by atoms with Crippen LogP contribution in [0.25, 0.3) is 0 Å². The summed E-state index contributed by atoms with van der Waals surface area (Å²) >= 11 is 12.1. The van der Waals surface area contributed by atoms with Crippen LogP contribution >= 0.6 is 23.2 Å². The second kappa shape index (κ2) is 7.48. The summed E-state index contributed by atoms with van der Waals surface area (Å²) in [6, 6.07) is 5.58. The van der Waals surface area contributed by atoms with E-state index in [9.17, 15) is 4.79 Å². The lowest BCUT2D eigenvalue weighted by molar-refractivity contribution is -0.115. The highest BCUT2D eigenvalue weighted by Gasteiger charge is 2.27. The molecule has 1 saturated carbocycles. The van der Waals surface area contributed by atoms with Gasteiger partial charge in [0.2, 0.25) is 5.91 Å². The maximum absolute atomic E-state index is 12.1. The molecule has 0 saturated heterocycles. The van der Waals surface area contributed by atoms with Gasteiger partial charge in [0, 0.05) is 6.04 Å². The van der Waals surface area contributed by atoms with Crippen LogP contribution in [0.5, 0.6) is 0 Å². The molecule has 0 aliphatic heterocycles. The number of hydrogen-bond donors (Lipinski definition) is 2. The van der Waals surface area contributed by atoms with Gasteiger partial charge in [0.15, 0.2) is 0 Å². The quantitative estimate of drug-likeness (QED) is 0.862. The van der Waals surface area contributed by atoms with E-state index < -0.39 is 0 Å². The van der Waals surface area contributed by atoms with Crippen LogP contribution in [0.2, 0.25) is 10.0 Å². The molecule has 5 heteroatoms. The molecule has 0 spiro atoms. The van der Waals surface area contributed by atoms with Crippen molar-refractivity contribution in [1.29, 1.82) is 0 Å². The number of anilines is 1. The predicted octanol–water partition coefficient (Wildman–Crippen LogP) is 4.35. The first-order chi connectivity index (χ1) is 9.99. The van der Waals surface area contributed by atoms with Crippen molar-refractivity contribution in [2.24, 2.45) is 11.8 Å². The van der Waals surface area contributed by atoms with Gasteiger partial charge in [-0.05, 0) is 30.4 Å². The van der Waals surface area contributed by atoms with E-state index in [0.717, 1.165) is 6.42 Å². The Morgan fingerprint density at radius 2 is 1.90 bits per heavy atom. The monoisotopic (exact) mass is 328 g/mol. The topological polar surface area (TPSA) is 41.1 Å². The molecule has 3 nitrogen and oxygen atoms in total. The van der Waals surface area contributed by atoms with Crippen LogP contribution in [0, 0.1) is 11.8 Å². The van der Waals surface area contributed by atoms with Crippen molar-refractivity contribution in [3.8, 4) is 0 Å². The number of halogens is 2. The molecule has 0 heterocycles. The van der Waals surface area contributed by atoms with E-state index in [1.54, 1.807) is 18.2 Å². The fraction of sp³-hybridized carbons (Fsp3) is 0.562. The number of carbonyl (C=O) groups excluding carboxylic acids is 1. The van der Waals surface area contributed by atoms with Crippen LogP contribution in [0.4, 0.5) is 5.69 Å². The molecule has 0 bridgehead atoms. The highest BCUT2D eigenvalue weighted by Crippen LogP contribution is 2.30. The summed E-state index contributed by atoms with van der Waals surface area (Å²) in [5.74, 6) is 1.18. The fourth-order valence-electron chi connectivity index (χ4n) is 2.89. The summed E-state index contributed by atoms with van der Waals surface area (Å²) in [6.45, 7) is 4.82. The largest absolute Gasteiger partial charge is 0.322 e. The Balaban J connectivity index is 1.88. The second-order valence-corrected chi connectivity index (χ2v) is 6.71. The third-order valence-electron chi connectivity index (χ3n) is 4.46. The van der Waals surface area contributed by atoms with Gasteiger partial charge in [-0.25, -0.2) is 0 Å². The molecule has 21 heavy (non-hydrogen) atoms. The van der Waals surface area contributed by atoms with Gasteiger partial charge >= 0.3 is 0 Å². The lowest BCUT2D eigenvalue weighted by Gasteiger charge is -2.34. The van der Waals surface area contributed by atoms with Gasteiger partial charge in [0.1, 0.15) is 0 Å². The standard InChI is InChI=1S/C16H22Cl2N2O/c1-10-5-3-8-14(11(10)2)19-9-15(21)20-16-12(17)6-4-7-13(16)18/h4,6-7,10-11,14,19H,3,5,8-9H2,1-2H3,(H,20,21). The highest BCUT2D eigenvalue weighted by molar-refractivity contribution is 6.39. The molecule has 1 aliphatic carbocycles. The lowest BCUT2D eigenvalue weighted by atomic mass is 9.78. The molecule has 3 unspecified atom stereocenters. The second-order valence-electron chi connectivity index (χ2n) is 5.90. The van der Waals surface area contributed by atoms with E-state index in [0.29, 0.717) is 33.6 Å². The fourth-order valence-corrected chi connectivity index (χ4v) is 3.39. The van der Waals surface area contributed by atoms with Crippen molar-refractivity contribution in [2.45, 2.75) is 39.2 Å². The number of amides is 1. The molecular formula is C16H22Cl2N2O. The van der Waals surface area contributed by atoms with Crippen molar-refractivity contribution < 1.29 is 4.79 Å². The summed E-state index contributed by atoms with van der Waals surface area (Å²) in [6.07, 6.45) is 3.63. The summed E-state index contributed by atoms with van der Waals surface area (Å²) < 4.78 is 0. The van der Waals surface area contributed by atoms with Crippen LogP contribution in [-0.2, 0) is 4.79 Å². The average molecular weight is 329 g/mol. The van der Waals surface area contributed by atoms with E-state index >= 15 is 0 Å². The van der Waals surface area contributed by atoms with Gasteiger partial charge in [-0.1, -0.05) is 56.0 Å². The number of carbonyl (C=O) groups is 1. The predicted molar refractivity (Wildman–Crippen MR) is 89.1 cm³/mol. The first-order valence-electron chi connectivity index (χ1n) is 7.46. The number of nitrogens with one attached hydrogen (secondary N) is 2. The third kappa shape index (κ3) is 4.35. The van der Waals surface area contributed by atoms with E-state index in [1.165, 1.54) is 12.8 Å². The maximum Gasteiger partial charge on any atom is 0.238 e. The van der Waals surface area contributed by atoms with Crippen LogP contribution in [-0.4, -0.2) is 18.5 Å². The van der Waals surface area contributed by atoms with E-state index in [-0.39, 0.29) is 12.5 Å². The minimum atomic E-state index is -0.115. The zero-order valence-corrected chi connectivity index (χ0v) is 14.0. The molecule has 1 aromatic carbocycles. The summed E-state index contributed by atoms with van der Waals surface area (Å²) in [4.78, 5) is 12.1. The van der Waals surface area contributed by atoms with Gasteiger partial charge in [0.25, 0.3) is 0 Å². The maximum atomic E-state index is 12.1. The van der Waals surface area contributed by atoms with Gasteiger partial charge in [-0.2, -0.15) is 0 Å². The van der Waals surface area contributed by atoms with Crippen molar-refractivity contribution in [3.05, 3.63) is 28.2 Å². The van der Waals surface area contributed by atoms with E-state index in [4.69, 9.17) is 23.2 Å². The van der Waals surface area contributed by atoms with Crippen LogP contribution in [0.3, 0.4) is 0 Å². The molecule has 2 N–H and O–H groups in total. The Morgan fingerprint density at radius 3 is 2.57 bits per heavy atom.